The monoisotopic (exact) mass is 257 g/mol. The number of nitrogens with one attached hydrogen (secondary N) is 1. The Balaban J connectivity index is 1.99. The first kappa shape index (κ1) is 11.5. The van der Waals surface area contributed by atoms with Gasteiger partial charge in [-0.3, -0.25) is 0 Å². The Bertz CT molecular complexity index is 752. The minimum absolute atomic E-state index is 0.145. The number of aryl methyl sites for hydroxylation is 1. The van der Waals surface area contributed by atoms with Crippen LogP contribution in [0.2, 0.25) is 0 Å². The van der Waals surface area contributed by atoms with Gasteiger partial charge in [0.2, 0.25) is 0 Å². The summed E-state index contributed by atoms with van der Waals surface area (Å²) in [6.07, 6.45) is 0. The number of nitrogens with zero attached hydrogens (tertiary/aromatic N) is 1. The third-order valence-electron chi connectivity index (χ3n) is 2.85. The Hall–Kier alpha value is -2.56. The molecule has 0 saturated carbocycles. The second kappa shape index (κ2) is 4.28. The second-order valence-corrected chi connectivity index (χ2v) is 4.31. The number of anilines is 1. The number of H-pyrrole nitrogens is 1. The molecule has 3 N–H and O–H groups in total. The molecule has 0 aliphatic heterocycles. The third-order valence-corrected chi connectivity index (χ3v) is 2.85. The summed E-state index contributed by atoms with van der Waals surface area (Å²) in [6, 6.07) is 10.5. The van der Waals surface area contributed by atoms with E-state index >= 15 is 0 Å². The minimum Gasteiger partial charge on any atom is -0.422 e. The van der Waals surface area contributed by atoms with Gasteiger partial charge < -0.3 is 15.5 Å². The third kappa shape index (κ3) is 2.10. The van der Waals surface area contributed by atoms with Crippen molar-refractivity contribution in [3.05, 3.63) is 47.8 Å². The average Bonchev–Trinajstić information content (AvgIpc) is 2.76. The highest BCUT2D eigenvalue weighted by Crippen LogP contribution is 2.26. The number of aromatic nitrogens is 2. The molecule has 0 aliphatic carbocycles. The first-order valence-corrected chi connectivity index (χ1v) is 5.82. The first-order chi connectivity index (χ1) is 9.13. The molecule has 3 rings (SSSR count). The molecule has 0 radical (unpaired) electrons. The van der Waals surface area contributed by atoms with Crippen molar-refractivity contribution in [1.82, 2.24) is 9.97 Å². The maximum Gasteiger partial charge on any atom is 0.300 e. The van der Waals surface area contributed by atoms with Gasteiger partial charge in [-0.15, -0.1) is 0 Å². The van der Waals surface area contributed by atoms with E-state index in [4.69, 9.17) is 10.5 Å². The molecule has 0 fully saturated rings. The number of nitrogen functional groups attached to an aromatic ring is 1. The number of nitrogens with two attached hydrogens (primary N) is 1. The number of hydrogen-bond acceptors (Lipinski definition) is 3. The number of hydrogen-bond donors (Lipinski definition) is 2. The summed E-state index contributed by atoms with van der Waals surface area (Å²) in [4.78, 5) is 7.17. The van der Waals surface area contributed by atoms with Gasteiger partial charge in [-0.2, -0.15) is 4.98 Å². The number of ether oxygens (including phenoxy) is 1. The highest BCUT2D eigenvalue weighted by Gasteiger charge is 2.10. The topological polar surface area (TPSA) is 63.9 Å². The van der Waals surface area contributed by atoms with E-state index in [9.17, 15) is 4.39 Å². The molecule has 1 heterocycles. The molecule has 1 aromatic heterocycles. The van der Waals surface area contributed by atoms with Crippen LogP contribution in [0.15, 0.2) is 36.4 Å². The van der Waals surface area contributed by atoms with E-state index in [1.54, 1.807) is 43.3 Å². The van der Waals surface area contributed by atoms with Gasteiger partial charge in [0.25, 0.3) is 6.01 Å². The molecule has 0 amide bonds. The van der Waals surface area contributed by atoms with Gasteiger partial charge in [-0.25, -0.2) is 4.39 Å². The van der Waals surface area contributed by atoms with Crippen LogP contribution >= 0.6 is 0 Å². The smallest absolute Gasteiger partial charge is 0.300 e. The lowest BCUT2D eigenvalue weighted by Gasteiger charge is -2.04. The first-order valence-electron chi connectivity index (χ1n) is 5.82. The van der Waals surface area contributed by atoms with E-state index < -0.39 is 0 Å². The van der Waals surface area contributed by atoms with Crippen LogP contribution in [-0.4, -0.2) is 9.97 Å². The Morgan fingerprint density at radius 1 is 1.26 bits per heavy atom. The van der Waals surface area contributed by atoms with Crippen LogP contribution in [0.5, 0.6) is 11.8 Å². The fourth-order valence-corrected chi connectivity index (χ4v) is 1.86. The molecule has 0 saturated heterocycles. The van der Waals surface area contributed by atoms with E-state index in [2.05, 4.69) is 9.97 Å². The maximum atomic E-state index is 13.8. The van der Waals surface area contributed by atoms with Crippen LogP contribution in [0.1, 0.15) is 5.56 Å². The number of rotatable bonds is 2. The molecule has 0 atom stereocenters. The number of aromatic amines is 1. The van der Waals surface area contributed by atoms with Gasteiger partial charge in [-0.1, -0.05) is 12.1 Å². The zero-order chi connectivity index (χ0) is 13.4. The molecular weight excluding hydrogens is 245 g/mol. The summed E-state index contributed by atoms with van der Waals surface area (Å²) in [5.74, 6) is -0.241. The van der Waals surface area contributed by atoms with Crippen LogP contribution in [-0.2, 0) is 0 Å². The molecule has 96 valence electrons. The number of halogens is 1. The predicted molar refractivity (Wildman–Crippen MR) is 71.7 cm³/mol. The number of fused-ring (bicyclic) bond motifs is 1. The summed E-state index contributed by atoms with van der Waals surface area (Å²) in [7, 11) is 0. The SMILES string of the molecule is Cc1cccc(Oc2nc3ccc(N)cc3[nH]2)c1F. The molecule has 0 spiro atoms. The van der Waals surface area contributed by atoms with E-state index in [0.717, 1.165) is 11.0 Å². The molecule has 0 aliphatic rings. The van der Waals surface area contributed by atoms with Crippen molar-refractivity contribution in [3.63, 3.8) is 0 Å². The molecule has 0 bridgehead atoms. The second-order valence-electron chi connectivity index (χ2n) is 4.31. The summed E-state index contributed by atoms with van der Waals surface area (Å²) in [5, 5.41) is 0. The van der Waals surface area contributed by atoms with Crippen molar-refractivity contribution < 1.29 is 9.13 Å². The van der Waals surface area contributed by atoms with Crippen molar-refractivity contribution in [1.29, 1.82) is 0 Å². The standard InChI is InChI=1S/C14H12FN3O/c1-8-3-2-4-12(13(8)15)19-14-17-10-6-5-9(16)7-11(10)18-14/h2-7H,16H2,1H3,(H,17,18). The lowest BCUT2D eigenvalue weighted by molar-refractivity contribution is 0.415. The van der Waals surface area contributed by atoms with Gasteiger partial charge in [0.15, 0.2) is 11.6 Å². The summed E-state index contributed by atoms with van der Waals surface area (Å²) in [6.45, 7) is 1.68. The van der Waals surface area contributed by atoms with Gasteiger partial charge in [0.05, 0.1) is 11.0 Å². The van der Waals surface area contributed by atoms with Gasteiger partial charge >= 0.3 is 0 Å². The summed E-state index contributed by atoms with van der Waals surface area (Å²) in [5.41, 5.74) is 8.31. The zero-order valence-corrected chi connectivity index (χ0v) is 10.3. The van der Waals surface area contributed by atoms with Crippen LogP contribution in [0.25, 0.3) is 11.0 Å². The molecule has 0 unspecified atom stereocenters. The molecule has 3 aromatic rings. The average molecular weight is 257 g/mol. The fraction of sp³-hybridized carbons (Fsp3) is 0.0714. The van der Waals surface area contributed by atoms with E-state index in [-0.39, 0.29) is 17.6 Å². The normalized spacial score (nSPS) is 10.8. The molecule has 4 nitrogen and oxygen atoms in total. The Labute approximate surface area is 109 Å². The van der Waals surface area contributed by atoms with Crippen LogP contribution < -0.4 is 10.5 Å². The van der Waals surface area contributed by atoms with Crippen molar-refractivity contribution in [3.8, 4) is 11.8 Å². The lowest BCUT2D eigenvalue weighted by atomic mass is 10.2. The van der Waals surface area contributed by atoms with Crippen LogP contribution in [0.4, 0.5) is 10.1 Å². The van der Waals surface area contributed by atoms with Crippen LogP contribution in [0.3, 0.4) is 0 Å². The molecule has 2 aromatic carbocycles. The van der Waals surface area contributed by atoms with Gasteiger partial charge in [-0.05, 0) is 36.8 Å². The fourth-order valence-electron chi connectivity index (χ4n) is 1.86. The molecule has 5 heteroatoms. The Morgan fingerprint density at radius 2 is 2.11 bits per heavy atom. The highest BCUT2D eigenvalue weighted by atomic mass is 19.1. The minimum atomic E-state index is -0.387. The van der Waals surface area contributed by atoms with Crippen molar-refractivity contribution in [2.24, 2.45) is 0 Å². The van der Waals surface area contributed by atoms with E-state index in [0.29, 0.717) is 11.3 Å². The molecular formula is C14H12FN3O. The quantitative estimate of drug-likeness (QED) is 0.692. The number of benzene rings is 2. The van der Waals surface area contributed by atoms with E-state index in [1.165, 1.54) is 0 Å². The van der Waals surface area contributed by atoms with Crippen molar-refractivity contribution >= 4 is 16.7 Å². The van der Waals surface area contributed by atoms with Crippen LogP contribution in [0, 0.1) is 12.7 Å². The predicted octanol–water partition coefficient (Wildman–Crippen LogP) is 3.38. The van der Waals surface area contributed by atoms with Gasteiger partial charge in [0, 0.05) is 5.69 Å². The largest absolute Gasteiger partial charge is 0.422 e. The number of imidazole rings is 1. The summed E-state index contributed by atoms with van der Waals surface area (Å²) < 4.78 is 19.3. The van der Waals surface area contributed by atoms with Crippen molar-refractivity contribution in [2.45, 2.75) is 6.92 Å². The highest BCUT2D eigenvalue weighted by molar-refractivity contribution is 5.79. The maximum absolute atomic E-state index is 13.8. The van der Waals surface area contributed by atoms with Gasteiger partial charge in [0.1, 0.15) is 0 Å². The molecule has 19 heavy (non-hydrogen) atoms. The zero-order valence-electron chi connectivity index (χ0n) is 10.3. The summed E-state index contributed by atoms with van der Waals surface area (Å²) >= 11 is 0. The lowest BCUT2D eigenvalue weighted by Crippen LogP contribution is -1.91. The van der Waals surface area contributed by atoms with Crippen molar-refractivity contribution in [2.75, 3.05) is 5.73 Å². The van der Waals surface area contributed by atoms with E-state index in [1.807, 2.05) is 0 Å². The Kier molecular flexibility index (Phi) is 2.59. The Morgan fingerprint density at radius 3 is 2.95 bits per heavy atom.